The van der Waals surface area contributed by atoms with Crippen LogP contribution in [0.15, 0.2) is 28.7 Å². The number of carbonyl (C=O) groups excluding carboxylic acids is 1. The first kappa shape index (κ1) is 12.6. The molecule has 1 aliphatic rings. The Balaban J connectivity index is 1.96. The van der Waals surface area contributed by atoms with Gasteiger partial charge in [-0.25, -0.2) is 0 Å². The zero-order valence-corrected chi connectivity index (χ0v) is 11.2. The molecule has 1 aromatic rings. The van der Waals surface area contributed by atoms with Crippen LogP contribution >= 0.6 is 15.9 Å². The highest BCUT2D eigenvalue weighted by molar-refractivity contribution is 9.10. The van der Waals surface area contributed by atoms with Crippen molar-refractivity contribution in [3.05, 3.63) is 34.3 Å². The Morgan fingerprint density at radius 2 is 2.00 bits per heavy atom. The van der Waals surface area contributed by atoms with Crippen molar-refractivity contribution >= 4 is 21.8 Å². The lowest BCUT2D eigenvalue weighted by Crippen LogP contribution is -2.36. The van der Waals surface area contributed by atoms with Gasteiger partial charge in [-0.3, -0.25) is 4.79 Å². The number of benzene rings is 1. The number of carbonyl (C=O) groups is 1. The fourth-order valence-corrected chi connectivity index (χ4v) is 2.15. The van der Waals surface area contributed by atoms with Gasteiger partial charge in [-0.2, -0.15) is 0 Å². The van der Waals surface area contributed by atoms with Crippen molar-refractivity contribution in [2.24, 2.45) is 0 Å². The fraction of sp³-hybridized carbons (Fsp3) is 0.462. The van der Waals surface area contributed by atoms with Gasteiger partial charge in [0, 0.05) is 17.1 Å². The lowest BCUT2D eigenvalue weighted by Gasteiger charge is -2.21. The van der Waals surface area contributed by atoms with Gasteiger partial charge in [0.2, 0.25) is 5.91 Å². The number of rotatable bonds is 5. The summed E-state index contributed by atoms with van der Waals surface area (Å²) in [6.45, 7) is 0.503. The summed E-state index contributed by atoms with van der Waals surface area (Å²) in [4.78, 5) is 13.9. The van der Waals surface area contributed by atoms with Gasteiger partial charge >= 0.3 is 0 Å². The summed E-state index contributed by atoms with van der Waals surface area (Å²) >= 11 is 3.37. The second-order valence-corrected chi connectivity index (χ2v) is 5.26. The van der Waals surface area contributed by atoms with Crippen LogP contribution in [0, 0.1) is 0 Å². The van der Waals surface area contributed by atoms with E-state index in [1.165, 1.54) is 0 Å². The third-order valence-electron chi connectivity index (χ3n) is 2.92. The summed E-state index contributed by atoms with van der Waals surface area (Å²) in [5.41, 5.74) is 1.02. The Morgan fingerprint density at radius 3 is 2.53 bits per heavy atom. The average molecular weight is 298 g/mol. The fourth-order valence-electron chi connectivity index (χ4n) is 1.88. The Kier molecular flexibility index (Phi) is 4.18. The number of aliphatic hydroxyl groups excluding tert-OH is 1. The molecule has 1 aliphatic carbocycles. The molecule has 17 heavy (non-hydrogen) atoms. The number of hydrogen-bond donors (Lipinski definition) is 1. The SMILES string of the molecule is O=C(Cc1ccc(Br)cc1)N(CCO)C1CC1. The molecule has 0 heterocycles. The number of amides is 1. The number of hydrogen-bond acceptors (Lipinski definition) is 2. The minimum Gasteiger partial charge on any atom is -0.395 e. The van der Waals surface area contributed by atoms with Crippen molar-refractivity contribution in [1.29, 1.82) is 0 Å². The number of nitrogens with zero attached hydrogens (tertiary/aromatic N) is 1. The van der Waals surface area contributed by atoms with Crippen LogP contribution < -0.4 is 0 Å². The highest BCUT2D eigenvalue weighted by atomic mass is 79.9. The minimum absolute atomic E-state index is 0.0442. The van der Waals surface area contributed by atoms with E-state index in [4.69, 9.17) is 5.11 Å². The molecule has 1 saturated carbocycles. The van der Waals surface area contributed by atoms with E-state index in [1.54, 1.807) is 0 Å². The van der Waals surface area contributed by atoms with Gasteiger partial charge < -0.3 is 10.0 Å². The van der Waals surface area contributed by atoms with Gasteiger partial charge in [0.05, 0.1) is 13.0 Å². The van der Waals surface area contributed by atoms with Crippen molar-refractivity contribution in [3.63, 3.8) is 0 Å². The summed E-state index contributed by atoms with van der Waals surface area (Å²) in [5, 5.41) is 8.96. The first-order chi connectivity index (χ1) is 8.20. The smallest absolute Gasteiger partial charge is 0.227 e. The molecule has 2 rings (SSSR count). The van der Waals surface area contributed by atoms with Gasteiger partial charge in [-0.05, 0) is 30.5 Å². The molecule has 1 aromatic carbocycles. The monoisotopic (exact) mass is 297 g/mol. The maximum atomic E-state index is 12.1. The summed E-state index contributed by atoms with van der Waals surface area (Å²) in [6, 6.07) is 8.15. The quantitative estimate of drug-likeness (QED) is 0.903. The van der Waals surface area contributed by atoms with Crippen LogP contribution in [0.1, 0.15) is 18.4 Å². The van der Waals surface area contributed by atoms with Crippen molar-refractivity contribution in [2.75, 3.05) is 13.2 Å². The van der Waals surface area contributed by atoms with Crippen molar-refractivity contribution in [3.8, 4) is 0 Å². The lowest BCUT2D eigenvalue weighted by molar-refractivity contribution is -0.131. The summed E-state index contributed by atoms with van der Waals surface area (Å²) in [6.07, 6.45) is 2.57. The Hall–Kier alpha value is -0.870. The van der Waals surface area contributed by atoms with E-state index in [-0.39, 0.29) is 12.5 Å². The van der Waals surface area contributed by atoms with E-state index in [1.807, 2.05) is 29.2 Å². The molecule has 0 unspecified atom stereocenters. The highest BCUT2D eigenvalue weighted by Gasteiger charge is 2.31. The van der Waals surface area contributed by atoms with Crippen molar-refractivity contribution < 1.29 is 9.90 Å². The van der Waals surface area contributed by atoms with E-state index in [2.05, 4.69) is 15.9 Å². The molecule has 0 radical (unpaired) electrons. The summed E-state index contributed by atoms with van der Waals surface area (Å²) < 4.78 is 1.02. The Bertz CT molecular complexity index is 387. The van der Waals surface area contributed by atoms with E-state index in [0.717, 1.165) is 22.9 Å². The maximum absolute atomic E-state index is 12.1. The van der Waals surface area contributed by atoms with Gasteiger partial charge in [0.15, 0.2) is 0 Å². The number of aliphatic hydroxyl groups is 1. The standard InChI is InChI=1S/C13H16BrNO2/c14-11-3-1-10(2-4-11)9-13(17)15(7-8-16)12-5-6-12/h1-4,12,16H,5-9H2. The predicted molar refractivity (Wildman–Crippen MR) is 69.7 cm³/mol. The van der Waals surface area contributed by atoms with Gasteiger partial charge in [-0.1, -0.05) is 28.1 Å². The molecule has 0 aromatic heterocycles. The van der Waals surface area contributed by atoms with Crippen LogP contribution in [0.25, 0.3) is 0 Å². The van der Waals surface area contributed by atoms with Crippen molar-refractivity contribution in [2.45, 2.75) is 25.3 Å². The molecule has 4 heteroatoms. The third-order valence-corrected chi connectivity index (χ3v) is 3.45. The maximum Gasteiger partial charge on any atom is 0.227 e. The molecular formula is C13H16BrNO2. The topological polar surface area (TPSA) is 40.5 Å². The van der Waals surface area contributed by atoms with Crippen LogP contribution in [0.2, 0.25) is 0 Å². The largest absolute Gasteiger partial charge is 0.395 e. The first-order valence-electron chi connectivity index (χ1n) is 5.85. The van der Waals surface area contributed by atoms with E-state index < -0.39 is 0 Å². The molecule has 3 nitrogen and oxygen atoms in total. The molecule has 0 spiro atoms. The van der Waals surface area contributed by atoms with Crippen LogP contribution in [0.4, 0.5) is 0 Å². The second kappa shape index (κ2) is 5.65. The predicted octanol–water partition coefficient (Wildman–Crippen LogP) is 1.97. The minimum atomic E-state index is 0.0442. The Morgan fingerprint density at radius 1 is 1.35 bits per heavy atom. The lowest BCUT2D eigenvalue weighted by atomic mass is 10.1. The van der Waals surface area contributed by atoms with Crippen LogP contribution in [0.3, 0.4) is 0 Å². The first-order valence-corrected chi connectivity index (χ1v) is 6.65. The zero-order chi connectivity index (χ0) is 12.3. The van der Waals surface area contributed by atoms with Gasteiger partial charge in [0.1, 0.15) is 0 Å². The number of halogens is 1. The summed E-state index contributed by atoms with van der Waals surface area (Å²) in [5.74, 6) is 0.115. The van der Waals surface area contributed by atoms with E-state index in [9.17, 15) is 4.79 Å². The van der Waals surface area contributed by atoms with Crippen LogP contribution in [0.5, 0.6) is 0 Å². The van der Waals surface area contributed by atoms with E-state index in [0.29, 0.717) is 19.0 Å². The Labute approximate surface area is 110 Å². The van der Waals surface area contributed by atoms with Crippen molar-refractivity contribution in [1.82, 2.24) is 4.90 Å². The second-order valence-electron chi connectivity index (χ2n) is 4.35. The average Bonchev–Trinajstić information content (AvgIpc) is 3.13. The molecule has 1 fully saturated rings. The third kappa shape index (κ3) is 3.54. The zero-order valence-electron chi connectivity index (χ0n) is 9.60. The molecule has 1 N–H and O–H groups in total. The molecule has 92 valence electrons. The molecule has 0 atom stereocenters. The summed E-state index contributed by atoms with van der Waals surface area (Å²) in [7, 11) is 0. The highest BCUT2D eigenvalue weighted by Crippen LogP contribution is 2.27. The molecule has 1 amide bonds. The van der Waals surface area contributed by atoms with Gasteiger partial charge in [0.25, 0.3) is 0 Å². The molecule has 0 aliphatic heterocycles. The van der Waals surface area contributed by atoms with Gasteiger partial charge in [-0.15, -0.1) is 0 Å². The van der Waals surface area contributed by atoms with Crippen LogP contribution in [-0.2, 0) is 11.2 Å². The van der Waals surface area contributed by atoms with Crippen LogP contribution in [-0.4, -0.2) is 35.1 Å². The molecule has 0 bridgehead atoms. The molecule has 0 saturated heterocycles. The normalized spacial score (nSPS) is 14.7. The molecular weight excluding hydrogens is 282 g/mol. The van der Waals surface area contributed by atoms with E-state index >= 15 is 0 Å².